The first-order valence-electron chi connectivity index (χ1n) is 8.92. The normalized spacial score (nSPS) is 21.1. The maximum absolute atomic E-state index is 12.6. The number of amides is 2. The lowest BCUT2D eigenvalue weighted by molar-refractivity contribution is -0.146. The third kappa shape index (κ3) is 9.53. The van der Waals surface area contributed by atoms with E-state index in [1.165, 1.54) is 0 Å². The van der Waals surface area contributed by atoms with Gasteiger partial charge in [0.1, 0.15) is 6.61 Å². The molecule has 2 amide bonds. The summed E-state index contributed by atoms with van der Waals surface area (Å²) in [5, 5.41) is 14.2. The molecule has 1 heterocycles. The molecule has 0 radical (unpaired) electrons. The second kappa shape index (κ2) is 11.6. The standard InChI is InChI=1S/C18H30N2O6/c1-18(2)13-26-16(23)7-5-3-4-6-14(17(24)20-18)12-15(22)19-8-10-25-11-9-21/h3-4,14,21H,5-13H2,1-2H3,(H,19,22)(H,20,24). The van der Waals surface area contributed by atoms with Crippen LogP contribution in [-0.4, -0.2) is 61.4 Å². The Hall–Kier alpha value is -1.93. The predicted octanol–water partition coefficient (Wildman–Crippen LogP) is 0.296. The zero-order valence-corrected chi connectivity index (χ0v) is 15.6. The summed E-state index contributed by atoms with van der Waals surface area (Å²) in [7, 11) is 0. The van der Waals surface area contributed by atoms with E-state index in [9.17, 15) is 14.4 Å². The fourth-order valence-electron chi connectivity index (χ4n) is 2.39. The van der Waals surface area contributed by atoms with Crippen molar-refractivity contribution in [3.8, 4) is 0 Å². The van der Waals surface area contributed by atoms with E-state index in [0.29, 0.717) is 32.4 Å². The maximum Gasteiger partial charge on any atom is 0.306 e. The number of ether oxygens (including phenoxy) is 2. The summed E-state index contributed by atoms with van der Waals surface area (Å²) in [6.45, 7) is 4.43. The summed E-state index contributed by atoms with van der Waals surface area (Å²) in [5.41, 5.74) is -0.706. The average Bonchev–Trinajstić information content (AvgIpc) is 2.57. The highest BCUT2D eigenvalue weighted by Gasteiger charge is 2.28. The van der Waals surface area contributed by atoms with Crippen molar-refractivity contribution in [2.45, 2.75) is 45.1 Å². The van der Waals surface area contributed by atoms with Crippen LogP contribution < -0.4 is 10.6 Å². The Morgan fingerprint density at radius 1 is 1.38 bits per heavy atom. The van der Waals surface area contributed by atoms with E-state index in [0.717, 1.165) is 0 Å². The van der Waals surface area contributed by atoms with Crippen molar-refractivity contribution in [2.75, 3.05) is 33.0 Å². The number of cyclic esters (lactones) is 1. The summed E-state index contributed by atoms with van der Waals surface area (Å²) < 4.78 is 10.3. The van der Waals surface area contributed by atoms with E-state index in [1.54, 1.807) is 13.8 Å². The molecule has 0 fully saturated rings. The van der Waals surface area contributed by atoms with Gasteiger partial charge in [-0.3, -0.25) is 14.4 Å². The number of hydrogen-bond acceptors (Lipinski definition) is 6. The van der Waals surface area contributed by atoms with Gasteiger partial charge >= 0.3 is 5.97 Å². The Kier molecular flexibility index (Phi) is 9.90. The molecule has 1 aliphatic heterocycles. The van der Waals surface area contributed by atoms with Crippen LogP contribution in [0.15, 0.2) is 12.2 Å². The quantitative estimate of drug-likeness (QED) is 0.337. The molecule has 0 saturated carbocycles. The molecule has 26 heavy (non-hydrogen) atoms. The van der Waals surface area contributed by atoms with Crippen LogP contribution in [0.3, 0.4) is 0 Å². The van der Waals surface area contributed by atoms with Crippen molar-refractivity contribution in [3.05, 3.63) is 12.2 Å². The van der Waals surface area contributed by atoms with Crippen LogP contribution in [0.5, 0.6) is 0 Å². The predicted molar refractivity (Wildman–Crippen MR) is 95.2 cm³/mol. The van der Waals surface area contributed by atoms with Gasteiger partial charge in [-0.05, 0) is 26.7 Å². The third-order valence-corrected chi connectivity index (χ3v) is 3.76. The summed E-state index contributed by atoms with van der Waals surface area (Å²) in [5.74, 6) is -1.28. The minimum atomic E-state index is -0.706. The number of allylic oxidation sites excluding steroid dienone is 2. The number of rotatable bonds is 7. The van der Waals surface area contributed by atoms with Crippen LogP contribution in [0.25, 0.3) is 0 Å². The number of hydrogen-bond donors (Lipinski definition) is 3. The summed E-state index contributed by atoms with van der Waals surface area (Å²) in [6, 6.07) is 0. The van der Waals surface area contributed by atoms with E-state index in [1.807, 2.05) is 12.2 Å². The molecule has 0 aliphatic carbocycles. The van der Waals surface area contributed by atoms with Crippen molar-refractivity contribution in [1.29, 1.82) is 0 Å². The molecule has 1 unspecified atom stereocenters. The molecule has 0 spiro atoms. The van der Waals surface area contributed by atoms with Gasteiger partial charge in [0, 0.05) is 19.4 Å². The first kappa shape index (κ1) is 22.1. The molecule has 0 aromatic carbocycles. The van der Waals surface area contributed by atoms with Gasteiger partial charge in [0.25, 0.3) is 0 Å². The molecule has 8 heteroatoms. The first-order valence-corrected chi connectivity index (χ1v) is 8.92. The Labute approximate surface area is 154 Å². The molecule has 1 rings (SSSR count). The number of nitrogens with one attached hydrogen (secondary N) is 2. The van der Waals surface area contributed by atoms with Crippen molar-refractivity contribution in [2.24, 2.45) is 5.92 Å². The SMILES string of the molecule is CC1(C)COC(=O)CCC=CCC(CC(=O)NCCOCCO)C(=O)N1. The minimum absolute atomic E-state index is 0.0615. The van der Waals surface area contributed by atoms with Gasteiger partial charge in [-0.2, -0.15) is 0 Å². The van der Waals surface area contributed by atoms with Gasteiger partial charge in [0.15, 0.2) is 0 Å². The number of aliphatic hydroxyl groups excluding tert-OH is 1. The summed E-state index contributed by atoms with van der Waals surface area (Å²) in [6.07, 6.45) is 4.97. The van der Waals surface area contributed by atoms with Crippen molar-refractivity contribution < 1.29 is 29.0 Å². The van der Waals surface area contributed by atoms with E-state index in [2.05, 4.69) is 10.6 Å². The van der Waals surface area contributed by atoms with Gasteiger partial charge < -0.3 is 25.2 Å². The summed E-state index contributed by atoms with van der Waals surface area (Å²) in [4.78, 5) is 36.2. The molecule has 1 aliphatic rings. The van der Waals surface area contributed by atoms with Crippen LogP contribution in [0.1, 0.15) is 39.5 Å². The summed E-state index contributed by atoms with van der Waals surface area (Å²) >= 11 is 0. The fraction of sp³-hybridized carbons (Fsp3) is 0.722. The molecule has 3 N–H and O–H groups in total. The number of esters is 1. The lowest BCUT2D eigenvalue weighted by atomic mass is 9.96. The van der Waals surface area contributed by atoms with Gasteiger partial charge in [-0.15, -0.1) is 0 Å². The number of carbonyl (C=O) groups is 3. The fourth-order valence-corrected chi connectivity index (χ4v) is 2.39. The molecule has 148 valence electrons. The molecular weight excluding hydrogens is 340 g/mol. The maximum atomic E-state index is 12.6. The van der Waals surface area contributed by atoms with Crippen molar-refractivity contribution in [1.82, 2.24) is 10.6 Å². The van der Waals surface area contributed by atoms with Gasteiger partial charge in [0.2, 0.25) is 11.8 Å². The second-order valence-electron chi connectivity index (χ2n) is 6.87. The Balaban J connectivity index is 2.61. The topological polar surface area (TPSA) is 114 Å². The lowest BCUT2D eigenvalue weighted by Crippen LogP contribution is -2.50. The van der Waals surface area contributed by atoms with Crippen LogP contribution in [0.2, 0.25) is 0 Å². The molecule has 1 atom stereocenters. The van der Waals surface area contributed by atoms with Crippen LogP contribution in [0, 0.1) is 5.92 Å². The zero-order chi connectivity index (χ0) is 19.4. The lowest BCUT2D eigenvalue weighted by Gasteiger charge is -2.28. The first-order chi connectivity index (χ1) is 12.3. The highest BCUT2D eigenvalue weighted by molar-refractivity contribution is 5.86. The molecular formula is C18H30N2O6. The highest BCUT2D eigenvalue weighted by atomic mass is 16.5. The van der Waals surface area contributed by atoms with Gasteiger partial charge in [-0.1, -0.05) is 12.2 Å². The highest BCUT2D eigenvalue weighted by Crippen LogP contribution is 2.15. The number of carbonyl (C=O) groups excluding carboxylic acids is 3. The molecule has 0 aromatic heterocycles. The van der Waals surface area contributed by atoms with Crippen LogP contribution >= 0.6 is 0 Å². The Morgan fingerprint density at radius 3 is 2.88 bits per heavy atom. The van der Waals surface area contributed by atoms with Crippen LogP contribution in [0.4, 0.5) is 0 Å². The Morgan fingerprint density at radius 2 is 2.15 bits per heavy atom. The van der Waals surface area contributed by atoms with Crippen molar-refractivity contribution >= 4 is 17.8 Å². The molecule has 8 nitrogen and oxygen atoms in total. The number of aliphatic hydroxyl groups is 1. The van der Waals surface area contributed by atoms with E-state index < -0.39 is 11.5 Å². The van der Waals surface area contributed by atoms with E-state index >= 15 is 0 Å². The minimum Gasteiger partial charge on any atom is -0.463 e. The monoisotopic (exact) mass is 370 g/mol. The van der Waals surface area contributed by atoms with E-state index in [4.69, 9.17) is 14.6 Å². The van der Waals surface area contributed by atoms with E-state index in [-0.39, 0.29) is 44.0 Å². The largest absolute Gasteiger partial charge is 0.463 e. The third-order valence-electron chi connectivity index (χ3n) is 3.76. The molecule has 0 aromatic rings. The molecule has 0 saturated heterocycles. The van der Waals surface area contributed by atoms with Crippen LogP contribution in [-0.2, 0) is 23.9 Å². The van der Waals surface area contributed by atoms with Gasteiger partial charge in [0.05, 0.1) is 31.3 Å². The average molecular weight is 370 g/mol. The second-order valence-corrected chi connectivity index (χ2v) is 6.87. The van der Waals surface area contributed by atoms with Crippen molar-refractivity contribution in [3.63, 3.8) is 0 Å². The smallest absolute Gasteiger partial charge is 0.306 e. The zero-order valence-electron chi connectivity index (χ0n) is 15.6. The molecule has 0 bridgehead atoms. The van der Waals surface area contributed by atoms with Gasteiger partial charge in [-0.25, -0.2) is 0 Å². The Bertz CT molecular complexity index is 504.